The van der Waals surface area contributed by atoms with Crippen molar-refractivity contribution in [1.82, 2.24) is 4.98 Å². The smallest absolute Gasteiger partial charge is 0.191 e. The molecule has 13 heavy (non-hydrogen) atoms. The van der Waals surface area contributed by atoms with Gasteiger partial charge >= 0.3 is 0 Å². The number of pyridine rings is 1. The maximum absolute atomic E-state index is 11.4. The zero-order valence-corrected chi connectivity index (χ0v) is 7.98. The normalized spacial score (nSPS) is 9.69. The molecule has 0 spiro atoms. The molecule has 0 aliphatic rings. The Balaban J connectivity index is 3.06. The van der Waals surface area contributed by atoms with Crippen molar-refractivity contribution in [2.24, 2.45) is 0 Å². The van der Waals surface area contributed by atoms with Crippen LogP contribution in [0.2, 0.25) is 0 Å². The number of aromatic amines is 1. The van der Waals surface area contributed by atoms with Crippen LogP contribution in [0.5, 0.6) is 0 Å². The Morgan fingerprint density at radius 2 is 2.38 bits per heavy atom. The second-order valence-electron chi connectivity index (χ2n) is 2.94. The van der Waals surface area contributed by atoms with E-state index in [-0.39, 0.29) is 5.43 Å². The largest absolute Gasteiger partial charge is 0.372 e. The average Bonchev–Trinajstić information content (AvgIpc) is 2.04. The third-order valence-electron chi connectivity index (χ3n) is 1.74. The summed E-state index contributed by atoms with van der Waals surface area (Å²) in [5, 5.41) is 3.03. The summed E-state index contributed by atoms with van der Waals surface area (Å²) < 4.78 is 0. The topological polar surface area (TPSA) is 44.9 Å². The van der Waals surface area contributed by atoms with Crippen molar-refractivity contribution in [2.45, 2.75) is 13.8 Å². The summed E-state index contributed by atoms with van der Waals surface area (Å²) in [6, 6.07) is 1.55. The van der Waals surface area contributed by atoms with E-state index in [1.165, 1.54) is 0 Å². The van der Waals surface area contributed by atoms with Gasteiger partial charge in [-0.05, 0) is 19.4 Å². The molecule has 0 fully saturated rings. The highest BCUT2D eigenvalue weighted by molar-refractivity contribution is 5.61. The number of rotatable bonds is 3. The zero-order chi connectivity index (χ0) is 9.84. The van der Waals surface area contributed by atoms with Gasteiger partial charge in [0.05, 0.1) is 0 Å². The molecule has 0 amide bonds. The van der Waals surface area contributed by atoms with Crippen LogP contribution in [0.1, 0.15) is 19.4 Å². The Labute approximate surface area is 77.5 Å². The molecule has 1 rings (SSSR count). The second kappa shape index (κ2) is 3.94. The van der Waals surface area contributed by atoms with Gasteiger partial charge in [0.15, 0.2) is 5.43 Å². The first-order valence-electron chi connectivity index (χ1n) is 4.27. The minimum absolute atomic E-state index is 0.00204. The molecule has 0 bridgehead atoms. The summed E-state index contributed by atoms with van der Waals surface area (Å²) in [5.41, 5.74) is 1.42. The highest BCUT2D eigenvalue weighted by atomic mass is 16.1. The van der Waals surface area contributed by atoms with Gasteiger partial charge in [-0.25, -0.2) is 0 Å². The lowest BCUT2D eigenvalue weighted by Gasteiger charge is -2.04. The third kappa shape index (κ3) is 2.21. The summed E-state index contributed by atoms with van der Waals surface area (Å²) in [6.45, 7) is 8.31. The van der Waals surface area contributed by atoms with Gasteiger partial charge in [-0.3, -0.25) is 4.79 Å². The van der Waals surface area contributed by atoms with E-state index in [1.54, 1.807) is 12.3 Å². The third-order valence-corrected chi connectivity index (χ3v) is 1.74. The Hall–Kier alpha value is -1.51. The molecular formula is C10H14N2O. The maximum Gasteiger partial charge on any atom is 0.191 e. The van der Waals surface area contributed by atoms with Crippen LogP contribution in [0.25, 0.3) is 5.57 Å². The molecule has 1 aromatic rings. The number of hydrogen-bond acceptors (Lipinski definition) is 2. The van der Waals surface area contributed by atoms with E-state index in [9.17, 15) is 4.79 Å². The van der Waals surface area contributed by atoms with Crippen LogP contribution in [0.4, 0.5) is 5.82 Å². The molecule has 0 atom stereocenters. The number of H-pyrrole nitrogens is 1. The molecule has 70 valence electrons. The fourth-order valence-electron chi connectivity index (χ4n) is 1.10. The summed E-state index contributed by atoms with van der Waals surface area (Å²) in [6.07, 6.45) is 1.68. The Bertz CT molecular complexity index is 365. The van der Waals surface area contributed by atoms with Crippen molar-refractivity contribution in [1.29, 1.82) is 0 Å². The Morgan fingerprint density at radius 3 is 2.85 bits per heavy atom. The molecule has 3 nitrogen and oxygen atoms in total. The van der Waals surface area contributed by atoms with Crippen molar-refractivity contribution in [2.75, 3.05) is 11.9 Å². The van der Waals surface area contributed by atoms with Crippen molar-refractivity contribution in [3.63, 3.8) is 0 Å². The van der Waals surface area contributed by atoms with Crippen LogP contribution in [0, 0.1) is 0 Å². The molecule has 3 heteroatoms. The number of aromatic nitrogens is 1. The monoisotopic (exact) mass is 178 g/mol. The standard InChI is InChI=1S/C10H14N2O/c1-4-11-10-5-9(13)8(6-12-10)7(2)3/h5-6H,2,4H2,1,3H3,(H2,11,12,13). The summed E-state index contributed by atoms with van der Waals surface area (Å²) in [4.78, 5) is 14.4. The van der Waals surface area contributed by atoms with Crippen molar-refractivity contribution < 1.29 is 0 Å². The van der Waals surface area contributed by atoms with Gasteiger partial charge in [-0.2, -0.15) is 0 Å². The molecule has 0 unspecified atom stereocenters. The molecule has 0 saturated carbocycles. The minimum atomic E-state index is 0.00204. The van der Waals surface area contributed by atoms with Crippen LogP contribution in [0.15, 0.2) is 23.6 Å². The molecule has 2 N–H and O–H groups in total. The molecule has 0 aliphatic heterocycles. The van der Waals surface area contributed by atoms with E-state index in [4.69, 9.17) is 0 Å². The maximum atomic E-state index is 11.4. The first-order chi connectivity index (χ1) is 6.15. The molecule has 1 heterocycles. The van der Waals surface area contributed by atoms with Crippen LogP contribution in [-0.4, -0.2) is 11.5 Å². The van der Waals surface area contributed by atoms with Crippen LogP contribution in [-0.2, 0) is 0 Å². The number of nitrogens with one attached hydrogen (secondary N) is 2. The summed E-state index contributed by atoms with van der Waals surface area (Å²) >= 11 is 0. The van der Waals surface area contributed by atoms with E-state index in [2.05, 4.69) is 16.9 Å². The van der Waals surface area contributed by atoms with Crippen molar-refractivity contribution >= 4 is 11.4 Å². The lowest BCUT2D eigenvalue weighted by molar-refractivity contribution is 1.15. The predicted octanol–water partition coefficient (Wildman–Crippen LogP) is 1.84. The first-order valence-corrected chi connectivity index (χ1v) is 4.27. The van der Waals surface area contributed by atoms with Gasteiger partial charge in [0.25, 0.3) is 0 Å². The molecule has 0 radical (unpaired) electrons. The van der Waals surface area contributed by atoms with E-state index < -0.39 is 0 Å². The zero-order valence-electron chi connectivity index (χ0n) is 7.98. The Morgan fingerprint density at radius 1 is 1.69 bits per heavy atom. The van der Waals surface area contributed by atoms with Gasteiger partial charge < -0.3 is 10.3 Å². The number of hydrogen-bond donors (Lipinski definition) is 2. The highest BCUT2D eigenvalue weighted by Gasteiger charge is 2.00. The Kier molecular flexibility index (Phi) is 2.90. The van der Waals surface area contributed by atoms with E-state index in [1.807, 2.05) is 13.8 Å². The molecule has 0 aliphatic carbocycles. The summed E-state index contributed by atoms with van der Waals surface area (Å²) in [7, 11) is 0. The molecule has 0 aromatic carbocycles. The lowest BCUT2D eigenvalue weighted by atomic mass is 10.1. The fourth-order valence-corrected chi connectivity index (χ4v) is 1.10. The van der Waals surface area contributed by atoms with E-state index in [0.717, 1.165) is 17.9 Å². The minimum Gasteiger partial charge on any atom is -0.372 e. The van der Waals surface area contributed by atoms with Gasteiger partial charge in [-0.1, -0.05) is 6.58 Å². The van der Waals surface area contributed by atoms with E-state index >= 15 is 0 Å². The molecular weight excluding hydrogens is 164 g/mol. The van der Waals surface area contributed by atoms with Crippen molar-refractivity contribution in [3.8, 4) is 0 Å². The van der Waals surface area contributed by atoms with Gasteiger partial charge in [0.2, 0.25) is 0 Å². The number of anilines is 1. The van der Waals surface area contributed by atoms with Crippen LogP contribution >= 0.6 is 0 Å². The van der Waals surface area contributed by atoms with Crippen LogP contribution in [0.3, 0.4) is 0 Å². The average molecular weight is 178 g/mol. The van der Waals surface area contributed by atoms with E-state index in [0.29, 0.717) is 5.56 Å². The van der Waals surface area contributed by atoms with Crippen molar-refractivity contribution in [3.05, 3.63) is 34.6 Å². The summed E-state index contributed by atoms with van der Waals surface area (Å²) in [5.74, 6) is 0.748. The highest BCUT2D eigenvalue weighted by Crippen LogP contribution is 2.06. The molecule has 1 aromatic heterocycles. The van der Waals surface area contributed by atoms with Gasteiger partial charge in [0, 0.05) is 24.4 Å². The van der Waals surface area contributed by atoms with Gasteiger partial charge in [0.1, 0.15) is 5.82 Å². The second-order valence-corrected chi connectivity index (χ2v) is 2.94. The fraction of sp³-hybridized carbons (Fsp3) is 0.300. The van der Waals surface area contributed by atoms with Crippen LogP contribution < -0.4 is 10.7 Å². The molecule has 0 saturated heterocycles. The first kappa shape index (κ1) is 9.58. The predicted molar refractivity (Wildman–Crippen MR) is 55.9 cm³/mol. The van der Waals surface area contributed by atoms with Gasteiger partial charge in [-0.15, -0.1) is 0 Å². The quantitative estimate of drug-likeness (QED) is 0.741. The number of allylic oxidation sites excluding steroid dienone is 1. The SMILES string of the molecule is C=C(C)c1c[nH]c(NCC)cc1=O. The lowest BCUT2D eigenvalue weighted by Crippen LogP contribution is -2.09.